The molecule has 4 heteroatoms. The summed E-state index contributed by atoms with van der Waals surface area (Å²) in [4.78, 5) is 10.9. The summed E-state index contributed by atoms with van der Waals surface area (Å²) in [5.74, 6) is -0.294. The van der Waals surface area contributed by atoms with Gasteiger partial charge < -0.3 is 15.2 Å². The van der Waals surface area contributed by atoms with Crippen LogP contribution in [0.4, 0.5) is 0 Å². The lowest BCUT2D eigenvalue weighted by molar-refractivity contribution is -0.141. The van der Waals surface area contributed by atoms with Crippen molar-refractivity contribution in [3.05, 3.63) is 0 Å². The Morgan fingerprint density at radius 3 is 2.81 bits per heavy atom. The Labute approximate surface area is 97.4 Å². The molecule has 2 atom stereocenters. The average molecular weight is 229 g/mol. The van der Waals surface area contributed by atoms with Gasteiger partial charge in [0.2, 0.25) is 0 Å². The summed E-state index contributed by atoms with van der Waals surface area (Å²) in [5, 5.41) is 12.4. The highest BCUT2D eigenvalue weighted by Gasteiger charge is 2.38. The molecular formula is C12H23NO3. The van der Waals surface area contributed by atoms with Gasteiger partial charge in [-0.05, 0) is 25.3 Å². The van der Waals surface area contributed by atoms with E-state index >= 15 is 0 Å². The third kappa shape index (κ3) is 3.46. The van der Waals surface area contributed by atoms with Crippen molar-refractivity contribution >= 4 is 5.97 Å². The van der Waals surface area contributed by atoms with Crippen molar-refractivity contribution in [2.75, 3.05) is 13.2 Å². The zero-order valence-corrected chi connectivity index (χ0v) is 10.5. The predicted octanol–water partition coefficient (Wildman–Crippen LogP) is 1.64. The van der Waals surface area contributed by atoms with Crippen LogP contribution in [0.5, 0.6) is 0 Å². The van der Waals surface area contributed by atoms with Crippen molar-refractivity contribution in [1.29, 1.82) is 0 Å². The van der Waals surface area contributed by atoms with Gasteiger partial charge in [-0.1, -0.05) is 20.8 Å². The van der Waals surface area contributed by atoms with Crippen molar-refractivity contribution in [1.82, 2.24) is 5.32 Å². The molecule has 0 aromatic carbocycles. The standard InChI is InChI=1S/C12H23NO3/c1-4-13-12(8-11(14)15)5-6-16-10(7-12)9(2)3/h9-10,13H,4-8H2,1-3H3,(H,14,15). The van der Waals surface area contributed by atoms with E-state index in [-0.39, 0.29) is 18.1 Å². The van der Waals surface area contributed by atoms with E-state index in [2.05, 4.69) is 19.2 Å². The Morgan fingerprint density at radius 1 is 1.62 bits per heavy atom. The molecule has 0 aromatic rings. The molecule has 0 amide bonds. The van der Waals surface area contributed by atoms with Gasteiger partial charge in [0.05, 0.1) is 12.5 Å². The molecule has 1 aliphatic rings. The molecule has 2 N–H and O–H groups in total. The second-order valence-electron chi connectivity index (χ2n) is 4.99. The lowest BCUT2D eigenvalue weighted by Crippen LogP contribution is -2.53. The van der Waals surface area contributed by atoms with Crippen LogP contribution in [0.15, 0.2) is 0 Å². The third-order valence-corrected chi connectivity index (χ3v) is 3.29. The average Bonchev–Trinajstić information content (AvgIpc) is 2.16. The van der Waals surface area contributed by atoms with E-state index in [9.17, 15) is 4.79 Å². The maximum atomic E-state index is 10.9. The highest BCUT2D eigenvalue weighted by Crippen LogP contribution is 2.31. The molecule has 0 saturated carbocycles. The SMILES string of the molecule is CCNC1(CC(=O)O)CCOC(C(C)C)C1. The normalized spacial score (nSPS) is 30.6. The highest BCUT2D eigenvalue weighted by atomic mass is 16.5. The first kappa shape index (κ1) is 13.5. The zero-order chi connectivity index (χ0) is 12.2. The van der Waals surface area contributed by atoms with Gasteiger partial charge in [-0.25, -0.2) is 0 Å². The van der Waals surface area contributed by atoms with E-state index in [4.69, 9.17) is 9.84 Å². The minimum Gasteiger partial charge on any atom is -0.481 e. The number of nitrogens with one attached hydrogen (secondary N) is 1. The largest absolute Gasteiger partial charge is 0.481 e. The molecule has 0 aliphatic carbocycles. The number of carbonyl (C=O) groups is 1. The number of rotatable bonds is 5. The van der Waals surface area contributed by atoms with Crippen molar-refractivity contribution in [3.8, 4) is 0 Å². The summed E-state index contributed by atoms with van der Waals surface area (Å²) in [6.07, 6.45) is 1.95. The number of aliphatic carboxylic acids is 1. The monoisotopic (exact) mass is 229 g/mol. The first-order valence-electron chi connectivity index (χ1n) is 6.07. The van der Waals surface area contributed by atoms with Gasteiger partial charge in [-0.2, -0.15) is 0 Å². The molecule has 1 saturated heterocycles. The molecule has 0 spiro atoms. The smallest absolute Gasteiger partial charge is 0.305 e. The minimum absolute atomic E-state index is 0.173. The number of hydrogen-bond acceptors (Lipinski definition) is 3. The lowest BCUT2D eigenvalue weighted by atomic mass is 9.81. The van der Waals surface area contributed by atoms with Gasteiger partial charge >= 0.3 is 5.97 Å². The number of ether oxygens (including phenoxy) is 1. The maximum absolute atomic E-state index is 10.9. The van der Waals surface area contributed by atoms with Crippen molar-refractivity contribution in [3.63, 3.8) is 0 Å². The molecule has 1 aliphatic heterocycles. The van der Waals surface area contributed by atoms with Crippen molar-refractivity contribution < 1.29 is 14.6 Å². The van der Waals surface area contributed by atoms with Crippen LogP contribution in [-0.4, -0.2) is 35.9 Å². The van der Waals surface area contributed by atoms with Gasteiger partial charge in [0, 0.05) is 12.1 Å². The van der Waals surface area contributed by atoms with Gasteiger partial charge in [0.25, 0.3) is 0 Å². The molecule has 1 fully saturated rings. The fourth-order valence-corrected chi connectivity index (χ4v) is 2.43. The van der Waals surface area contributed by atoms with Crippen LogP contribution in [0.25, 0.3) is 0 Å². The van der Waals surface area contributed by atoms with Crippen LogP contribution in [0, 0.1) is 5.92 Å². The summed E-state index contributed by atoms with van der Waals surface area (Å²) in [6.45, 7) is 7.71. The van der Waals surface area contributed by atoms with E-state index in [0.717, 1.165) is 19.4 Å². The van der Waals surface area contributed by atoms with E-state index < -0.39 is 5.97 Å². The summed E-state index contributed by atoms with van der Waals surface area (Å²) < 4.78 is 5.69. The van der Waals surface area contributed by atoms with Gasteiger partial charge in [-0.15, -0.1) is 0 Å². The zero-order valence-electron chi connectivity index (χ0n) is 10.5. The summed E-state index contributed by atoms with van der Waals surface area (Å²) >= 11 is 0. The number of carboxylic acids is 1. The fourth-order valence-electron chi connectivity index (χ4n) is 2.43. The fraction of sp³-hybridized carbons (Fsp3) is 0.917. The predicted molar refractivity (Wildman–Crippen MR) is 62.5 cm³/mol. The van der Waals surface area contributed by atoms with Gasteiger partial charge in [0.1, 0.15) is 0 Å². The topological polar surface area (TPSA) is 58.6 Å². The van der Waals surface area contributed by atoms with Crippen LogP contribution in [-0.2, 0) is 9.53 Å². The molecular weight excluding hydrogens is 206 g/mol. The number of hydrogen-bond donors (Lipinski definition) is 2. The highest BCUT2D eigenvalue weighted by molar-refractivity contribution is 5.68. The quantitative estimate of drug-likeness (QED) is 0.752. The Kier molecular flexibility index (Phi) is 4.74. The van der Waals surface area contributed by atoms with Crippen LogP contribution in [0.1, 0.15) is 40.0 Å². The second-order valence-corrected chi connectivity index (χ2v) is 4.99. The molecule has 4 nitrogen and oxygen atoms in total. The second kappa shape index (κ2) is 5.64. The van der Waals surface area contributed by atoms with Gasteiger partial charge in [0.15, 0.2) is 0 Å². The third-order valence-electron chi connectivity index (χ3n) is 3.29. The Bertz CT molecular complexity index is 238. The van der Waals surface area contributed by atoms with Crippen LogP contribution in [0.2, 0.25) is 0 Å². The van der Waals surface area contributed by atoms with E-state index in [1.165, 1.54) is 0 Å². The van der Waals surface area contributed by atoms with Gasteiger partial charge in [-0.3, -0.25) is 4.79 Å². The molecule has 0 bridgehead atoms. The molecule has 1 rings (SSSR count). The van der Waals surface area contributed by atoms with Crippen molar-refractivity contribution in [2.45, 2.75) is 51.7 Å². The molecule has 16 heavy (non-hydrogen) atoms. The first-order chi connectivity index (χ1) is 7.49. The summed E-state index contributed by atoms with van der Waals surface area (Å²) in [5.41, 5.74) is -0.270. The first-order valence-corrected chi connectivity index (χ1v) is 6.07. The molecule has 2 unspecified atom stereocenters. The summed E-state index contributed by atoms with van der Waals surface area (Å²) in [7, 11) is 0. The van der Waals surface area contributed by atoms with Crippen LogP contribution >= 0.6 is 0 Å². The van der Waals surface area contributed by atoms with Crippen LogP contribution < -0.4 is 5.32 Å². The molecule has 0 radical (unpaired) electrons. The maximum Gasteiger partial charge on any atom is 0.305 e. The Balaban J connectivity index is 2.71. The molecule has 1 heterocycles. The molecule has 94 valence electrons. The van der Waals surface area contributed by atoms with E-state index in [0.29, 0.717) is 12.5 Å². The Morgan fingerprint density at radius 2 is 2.31 bits per heavy atom. The molecule has 0 aromatic heterocycles. The van der Waals surface area contributed by atoms with E-state index in [1.54, 1.807) is 0 Å². The Hall–Kier alpha value is -0.610. The van der Waals surface area contributed by atoms with Crippen LogP contribution in [0.3, 0.4) is 0 Å². The summed E-state index contributed by atoms with van der Waals surface area (Å²) in [6, 6.07) is 0. The van der Waals surface area contributed by atoms with E-state index in [1.807, 2.05) is 6.92 Å². The number of carboxylic acid groups (broad SMARTS) is 1. The van der Waals surface area contributed by atoms with Crippen molar-refractivity contribution in [2.24, 2.45) is 5.92 Å². The minimum atomic E-state index is -0.731. The lowest BCUT2D eigenvalue weighted by Gasteiger charge is -2.42.